The number of ketones is 1. The summed E-state index contributed by atoms with van der Waals surface area (Å²) in [5.41, 5.74) is 4.12. The molecule has 0 heterocycles. The van der Waals surface area contributed by atoms with E-state index in [0.29, 0.717) is 0 Å². The lowest BCUT2D eigenvalue weighted by Crippen LogP contribution is -2.12. The molecule has 0 saturated carbocycles. The maximum absolute atomic E-state index is 12.5. The van der Waals surface area contributed by atoms with Crippen molar-refractivity contribution in [1.82, 2.24) is 0 Å². The number of benzene rings is 1. The number of rotatable bonds is 1. The Morgan fingerprint density at radius 3 is 2.33 bits per heavy atom. The van der Waals surface area contributed by atoms with Crippen molar-refractivity contribution in [2.45, 2.75) is 13.1 Å². The molecule has 0 aliphatic heterocycles. The van der Waals surface area contributed by atoms with E-state index in [9.17, 15) is 18.0 Å². The first-order valence-corrected chi connectivity index (χ1v) is 4.70. The molecule has 0 spiro atoms. The summed E-state index contributed by atoms with van der Waals surface area (Å²) in [6, 6.07) is 1.83. The Balaban J connectivity index is 3.49. The Morgan fingerprint density at radius 2 is 1.93 bits per heavy atom. The third-order valence-electron chi connectivity index (χ3n) is 1.82. The summed E-state index contributed by atoms with van der Waals surface area (Å²) in [5.74, 6) is -0.665. The van der Waals surface area contributed by atoms with Gasteiger partial charge in [-0.2, -0.15) is 13.2 Å². The molecule has 82 valence electrons. The molecule has 0 aliphatic carbocycles. The summed E-state index contributed by atoms with van der Waals surface area (Å²) in [6.07, 6.45) is -4.56. The SMILES string of the molecule is CC(=O)c1cc(N)c(Br)cc1C(F)(F)F. The van der Waals surface area contributed by atoms with Crippen LogP contribution >= 0.6 is 15.9 Å². The van der Waals surface area contributed by atoms with Crippen LogP contribution in [0, 0.1) is 0 Å². The van der Waals surface area contributed by atoms with Crippen molar-refractivity contribution in [1.29, 1.82) is 0 Å². The van der Waals surface area contributed by atoms with E-state index in [0.717, 1.165) is 19.1 Å². The first kappa shape index (κ1) is 12.0. The minimum atomic E-state index is -4.56. The summed E-state index contributed by atoms with van der Waals surface area (Å²) in [5, 5.41) is 0. The van der Waals surface area contributed by atoms with Crippen LogP contribution in [0.15, 0.2) is 16.6 Å². The lowest BCUT2D eigenvalue weighted by atomic mass is 10.0. The number of nitrogen functional groups attached to an aromatic ring is 1. The highest BCUT2D eigenvalue weighted by molar-refractivity contribution is 9.10. The molecule has 0 radical (unpaired) electrons. The van der Waals surface area contributed by atoms with Gasteiger partial charge in [-0.3, -0.25) is 4.79 Å². The standard InChI is InChI=1S/C9H7BrF3NO/c1-4(15)5-2-8(14)7(10)3-6(5)9(11,12)13/h2-3H,14H2,1H3. The molecule has 0 bridgehead atoms. The minimum Gasteiger partial charge on any atom is -0.398 e. The van der Waals surface area contributed by atoms with Crippen LogP contribution < -0.4 is 5.73 Å². The van der Waals surface area contributed by atoms with Crippen molar-refractivity contribution in [3.05, 3.63) is 27.7 Å². The number of carbonyl (C=O) groups excluding carboxylic acids is 1. The van der Waals surface area contributed by atoms with Crippen LogP contribution in [0.4, 0.5) is 18.9 Å². The van der Waals surface area contributed by atoms with Gasteiger partial charge in [-0.25, -0.2) is 0 Å². The topological polar surface area (TPSA) is 43.1 Å². The van der Waals surface area contributed by atoms with Crippen molar-refractivity contribution in [2.75, 3.05) is 5.73 Å². The van der Waals surface area contributed by atoms with Crippen molar-refractivity contribution >= 4 is 27.4 Å². The van der Waals surface area contributed by atoms with E-state index in [1.165, 1.54) is 0 Å². The molecule has 2 nitrogen and oxygen atoms in total. The maximum Gasteiger partial charge on any atom is 0.417 e. The number of Topliss-reactive ketones (excluding diaryl/α,β-unsaturated/α-hetero) is 1. The Morgan fingerprint density at radius 1 is 1.40 bits per heavy atom. The van der Waals surface area contributed by atoms with Crippen LogP contribution in [-0.4, -0.2) is 5.78 Å². The highest BCUT2D eigenvalue weighted by atomic mass is 79.9. The molecule has 1 aromatic rings. The van der Waals surface area contributed by atoms with Crippen LogP contribution in [-0.2, 0) is 6.18 Å². The third kappa shape index (κ3) is 2.50. The van der Waals surface area contributed by atoms with E-state index in [-0.39, 0.29) is 10.2 Å². The van der Waals surface area contributed by atoms with Gasteiger partial charge >= 0.3 is 6.18 Å². The van der Waals surface area contributed by atoms with Crippen LogP contribution in [0.25, 0.3) is 0 Å². The van der Waals surface area contributed by atoms with Crippen molar-refractivity contribution in [3.63, 3.8) is 0 Å². The molecule has 6 heteroatoms. The van der Waals surface area contributed by atoms with Gasteiger partial charge in [-0.1, -0.05) is 0 Å². The summed E-state index contributed by atoms with van der Waals surface area (Å²) in [6.45, 7) is 1.07. The van der Waals surface area contributed by atoms with Crippen LogP contribution in [0.2, 0.25) is 0 Å². The van der Waals surface area contributed by atoms with E-state index in [1.807, 2.05) is 0 Å². The molecule has 0 aliphatic rings. The second-order valence-corrected chi connectivity index (χ2v) is 3.83. The van der Waals surface area contributed by atoms with Crippen molar-refractivity contribution < 1.29 is 18.0 Å². The lowest BCUT2D eigenvalue weighted by Gasteiger charge is -2.12. The summed E-state index contributed by atoms with van der Waals surface area (Å²) < 4.78 is 37.6. The normalized spacial score (nSPS) is 11.5. The predicted molar refractivity (Wildman–Crippen MR) is 53.6 cm³/mol. The first-order valence-electron chi connectivity index (χ1n) is 3.90. The van der Waals surface area contributed by atoms with Gasteiger partial charge in [0.05, 0.1) is 5.56 Å². The zero-order valence-corrected chi connectivity index (χ0v) is 9.24. The van der Waals surface area contributed by atoms with Crippen molar-refractivity contribution in [2.24, 2.45) is 0 Å². The van der Waals surface area contributed by atoms with E-state index in [4.69, 9.17) is 5.73 Å². The number of hydrogen-bond donors (Lipinski definition) is 1. The van der Waals surface area contributed by atoms with Gasteiger partial charge in [0, 0.05) is 15.7 Å². The summed E-state index contributed by atoms with van der Waals surface area (Å²) in [7, 11) is 0. The van der Waals surface area contributed by atoms with Gasteiger partial charge in [0.15, 0.2) is 5.78 Å². The third-order valence-corrected chi connectivity index (χ3v) is 2.51. The van der Waals surface area contributed by atoms with Gasteiger partial charge in [0.1, 0.15) is 0 Å². The zero-order chi connectivity index (χ0) is 11.8. The number of alkyl halides is 3. The quantitative estimate of drug-likeness (QED) is 0.634. The number of anilines is 1. The van der Waals surface area contributed by atoms with Gasteiger partial charge < -0.3 is 5.73 Å². The molecule has 2 N–H and O–H groups in total. The highest BCUT2D eigenvalue weighted by Crippen LogP contribution is 2.36. The molecule has 0 amide bonds. The summed E-state index contributed by atoms with van der Waals surface area (Å²) >= 11 is 2.89. The Hall–Kier alpha value is -1.04. The van der Waals surface area contributed by atoms with E-state index in [1.54, 1.807) is 0 Å². The van der Waals surface area contributed by atoms with Gasteiger partial charge in [0.2, 0.25) is 0 Å². The Labute approximate surface area is 92.4 Å². The largest absolute Gasteiger partial charge is 0.417 e. The maximum atomic E-state index is 12.5. The molecule has 1 rings (SSSR count). The van der Waals surface area contributed by atoms with Gasteiger partial charge in [-0.05, 0) is 35.0 Å². The number of carbonyl (C=O) groups is 1. The molecule has 1 aromatic carbocycles. The van der Waals surface area contributed by atoms with Crippen LogP contribution in [0.5, 0.6) is 0 Å². The average Bonchev–Trinajstić information content (AvgIpc) is 2.06. The smallest absolute Gasteiger partial charge is 0.398 e. The monoisotopic (exact) mass is 281 g/mol. The van der Waals surface area contributed by atoms with Gasteiger partial charge in [-0.15, -0.1) is 0 Å². The molecular weight excluding hydrogens is 275 g/mol. The van der Waals surface area contributed by atoms with Crippen LogP contribution in [0.1, 0.15) is 22.8 Å². The van der Waals surface area contributed by atoms with Gasteiger partial charge in [0.25, 0.3) is 0 Å². The second-order valence-electron chi connectivity index (χ2n) is 2.97. The molecule has 0 atom stereocenters. The highest BCUT2D eigenvalue weighted by Gasteiger charge is 2.35. The van der Waals surface area contributed by atoms with Crippen molar-refractivity contribution in [3.8, 4) is 0 Å². The second kappa shape index (κ2) is 3.84. The Bertz CT molecular complexity index is 415. The fraction of sp³-hybridized carbons (Fsp3) is 0.222. The first-order chi connectivity index (χ1) is 6.73. The van der Waals surface area contributed by atoms with E-state index in [2.05, 4.69) is 15.9 Å². The van der Waals surface area contributed by atoms with Crippen LogP contribution in [0.3, 0.4) is 0 Å². The summed E-state index contributed by atoms with van der Waals surface area (Å²) in [4.78, 5) is 11.0. The number of halogens is 4. The number of hydrogen-bond acceptors (Lipinski definition) is 2. The molecular formula is C9H7BrF3NO. The zero-order valence-electron chi connectivity index (χ0n) is 7.65. The molecule has 15 heavy (non-hydrogen) atoms. The molecule has 0 fully saturated rings. The predicted octanol–water partition coefficient (Wildman–Crippen LogP) is 3.25. The fourth-order valence-corrected chi connectivity index (χ4v) is 1.46. The average molecular weight is 282 g/mol. The Kier molecular flexibility index (Phi) is 3.08. The number of nitrogens with two attached hydrogens (primary N) is 1. The lowest BCUT2D eigenvalue weighted by molar-refractivity contribution is -0.137. The minimum absolute atomic E-state index is 0.105. The van der Waals surface area contributed by atoms with E-state index < -0.39 is 23.1 Å². The molecule has 0 saturated heterocycles. The molecule has 0 unspecified atom stereocenters. The fourth-order valence-electron chi connectivity index (χ4n) is 1.12. The van der Waals surface area contributed by atoms with E-state index >= 15 is 0 Å². The molecule has 0 aromatic heterocycles.